The molecule has 0 spiro atoms. The molecule has 0 bridgehead atoms. The van der Waals surface area contributed by atoms with Crippen LogP contribution in [0.5, 0.6) is 0 Å². The van der Waals surface area contributed by atoms with Gasteiger partial charge in [-0.05, 0) is 51.3 Å². The molecule has 0 aliphatic carbocycles. The van der Waals surface area contributed by atoms with Gasteiger partial charge in [-0.2, -0.15) is 0 Å². The van der Waals surface area contributed by atoms with Gasteiger partial charge in [-0.15, -0.1) is 0 Å². The monoisotopic (exact) mass is 467 g/mol. The fourth-order valence-electron chi connectivity index (χ4n) is 3.50. The highest BCUT2D eigenvalue weighted by atomic mass is 32.2. The van der Waals surface area contributed by atoms with Gasteiger partial charge in [0.1, 0.15) is 12.1 Å². The third-order valence-corrected chi connectivity index (χ3v) is 6.09. The number of amides is 1. The van der Waals surface area contributed by atoms with Gasteiger partial charge < -0.3 is 14.2 Å². The lowest BCUT2D eigenvalue weighted by Crippen LogP contribution is -2.26. The lowest BCUT2D eigenvalue weighted by atomic mass is 10.2. The molecule has 3 aromatic rings. The predicted octanol–water partition coefficient (Wildman–Crippen LogP) is 5.30. The summed E-state index contributed by atoms with van der Waals surface area (Å²) in [5, 5.41) is 0.801. The molecular weight excluding hydrogens is 434 g/mol. The number of carbonyl (C=O) groups is 2. The first-order valence-corrected chi connectivity index (χ1v) is 12.3. The van der Waals surface area contributed by atoms with Crippen molar-refractivity contribution in [2.75, 3.05) is 12.8 Å². The topological polar surface area (TPSA) is 64.4 Å². The minimum Gasteiger partial charge on any atom is -0.459 e. The smallest absolute Gasteiger partial charge is 0.326 e. The Morgan fingerprint density at radius 2 is 1.73 bits per heavy atom. The number of esters is 1. The van der Waals surface area contributed by atoms with Crippen LogP contribution >= 0.6 is 11.8 Å². The Morgan fingerprint density at radius 1 is 1.03 bits per heavy atom. The van der Waals surface area contributed by atoms with Gasteiger partial charge in [0.05, 0.1) is 11.0 Å². The first-order valence-electron chi connectivity index (χ1n) is 11.3. The quantitative estimate of drug-likeness (QED) is 0.230. The number of imidazole rings is 1. The SMILES string of the molecule is CN(Cc1ccccc1)C(=O)CCCCSc1nc2ccccc2n1CC(=O)OC(C)(C)C. The Balaban J connectivity index is 1.51. The molecule has 1 amide bonds. The largest absolute Gasteiger partial charge is 0.459 e. The Labute approximate surface area is 200 Å². The zero-order chi connectivity index (χ0) is 23.8. The zero-order valence-corrected chi connectivity index (χ0v) is 20.7. The fraction of sp³-hybridized carbons (Fsp3) is 0.423. The summed E-state index contributed by atoms with van der Waals surface area (Å²) >= 11 is 1.61. The van der Waals surface area contributed by atoms with Gasteiger partial charge in [0.2, 0.25) is 5.91 Å². The van der Waals surface area contributed by atoms with Crippen LogP contribution in [0, 0.1) is 0 Å². The molecule has 7 heteroatoms. The van der Waals surface area contributed by atoms with E-state index >= 15 is 0 Å². The van der Waals surface area contributed by atoms with E-state index < -0.39 is 5.60 Å². The number of carbonyl (C=O) groups excluding carboxylic acids is 2. The number of hydrogen-bond acceptors (Lipinski definition) is 5. The average molecular weight is 468 g/mol. The maximum Gasteiger partial charge on any atom is 0.326 e. The summed E-state index contributed by atoms with van der Waals surface area (Å²) in [4.78, 5) is 31.4. The van der Waals surface area contributed by atoms with E-state index in [-0.39, 0.29) is 18.4 Å². The molecule has 1 heterocycles. The Morgan fingerprint density at radius 3 is 2.45 bits per heavy atom. The molecule has 176 valence electrons. The first kappa shape index (κ1) is 24.8. The van der Waals surface area contributed by atoms with Gasteiger partial charge >= 0.3 is 5.97 Å². The second-order valence-electron chi connectivity index (χ2n) is 9.10. The van der Waals surface area contributed by atoms with E-state index in [9.17, 15) is 9.59 Å². The molecule has 0 saturated heterocycles. The highest BCUT2D eigenvalue weighted by Crippen LogP contribution is 2.25. The molecule has 0 aliphatic rings. The summed E-state index contributed by atoms with van der Waals surface area (Å²) in [6.45, 7) is 6.35. The highest BCUT2D eigenvalue weighted by Gasteiger charge is 2.20. The number of fused-ring (bicyclic) bond motifs is 1. The van der Waals surface area contributed by atoms with Gasteiger partial charge in [0, 0.05) is 25.8 Å². The molecule has 2 aromatic carbocycles. The van der Waals surface area contributed by atoms with Crippen LogP contribution in [0.15, 0.2) is 59.8 Å². The van der Waals surface area contributed by atoms with Gasteiger partial charge in [0.25, 0.3) is 0 Å². The molecule has 0 saturated carbocycles. The number of para-hydroxylation sites is 2. The summed E-state index contributed by atoms with van der Waals surface area (Å²) < 4.78 is 7.43. The number of hydrogen-bond donors (Lipinski definition) is 0. The molecule has 3 rings (SSSR count). The molecule has 0 unspecified atom stereocenters. The maximum atomic E-state index is 12.4. The Kier molecular flexibility index (Phi) is 8.55. The van der Waals surface area contributed by atoms with E-state index in [2.05, 4.69) is 0 Å². The van der Waals surface area contributed by atoms with Crippen molar-refractivity contribution in [2.45, 2.75) is 63.9 Å². The number of aromatic nitrogens is 2. The molecule has 0 N–H and O–H groups in total. The highest BCUT2D eigenvalue weighted by molar-refractivity contribution is 7.99. The third kappa shape index (κ3) is 7.63. The van der Waals surface area contributed by atoms with Crippen LogP contribution in [0.4, 0.5) is 0 Å². The minimum atomic E-state index is -0.527. The van der Waals surface area contributed by atoms with Crippen molar-refractivity contribution in [3.63, 3.8) is 0 Å². The number of nitrogens with zero attached hydrogens (tertiary/aromatic N) is 3. The second kappa shape index (κ2) is 11.4. The van der Waals surface area contributed by atoms with Crippen molar-refractivity contribution in [1.29, 1.82) is 0 Å². The standard InChI is InChI=1S/C26H33N3O3S/c1-26(2,3)32-24(31)19-29-22-15-9-8-14-21(22)27-25(29)33-17-11-10-16-23(30)28(4)18-20-12-6-5-7-13-20/h5-9,12-15H,10-11,16-19H2,1-4H3. The first-order chi connectivity index (χ1) is 15.7. The van der Waals surface area contributed by atoms with Crippen LogP contribution in [0.1, 0.15) is 45.6 Å². The van der Waals surface area contributed by atoms with E-state index in [4.69, 9.17) is 9.72 Å². The van der Waals surface area contributed by atoms with Crippen LogP contribution < -0.4 is 0 Å². The van der Waals surface area contributed by atoms with Crippen LogP contribution in [0.2, 0.25) is 0 Å². The summed E-state index contributed by atoms with van der Waals surface area (Å²) in [7, 11) is 1.85. The zero-order valence-electron chi connectivity index (χ0n) is 19.9. The fourth-order valence-corrected chi connectivity index (χ4v) is 4.51. The van der Waals surface area contributed by atoms with Crippen LogP contribution in [0.3, 0.4) is 0 Å². The van der Waals surface area contributed by atoms with E-state index in [1.54, 1.807) is 16.7 Å². The predicted molar refractivity (Wildman–Crippen MR) is 133 cm³/mol. The second-order valence-corrected chi connectivity index (χ2v) is 10.2. The van der Waals surface area contributed by atoms with E-state index in [0.717, 1.165) is 40.3 Å². The summed E-state index contributed by atoms with van der Waals surface area (Å²) in [6, 6.07) is 17.8. The number of ether oxygens (including phenoxy) is 1. The summed E-state index contributed by atoms with van der Waals surface area (Å²) in [5.74, 6) is 0.702. The molecule has 0 atom stereocenters. The number of rotatable bonds is 10. The average Bonchev–Trinajstić information content (AvgIpc) is 3.10. The van der Waals surface area contributed by atoms with Crippen LogP contribution in [0.25, 0.3) is 11.0 Å². The van der Waals surface area contributed by atoms with Crippen molar-refractivity contribution in [3.05, 3.63) is 60.2 Å². The van der Waals surface area contributed by atoms with E-state index in [1.807, 2.05) is 87.0 Å². The lowest BCUT2D eigenvalue weighted by Gasteiger charge is -2.20. The molecule has 0 fully saturated rings. The van der Waals surface area contributed by atoms with Crippen molar-refractivity contribution in [1.82, 2.24) is 14.5 Å². The molecule has 0 radical (unpaired) electrons. The molecule has 33 heavy (non-hydrogen) atoms. The van der Waals surface area contributed by atoms with E-state index in [1.165, 1.54) is 0 Å². The lowest BCUT2D eigenvalue weighted by molar-refractivity contribution is -0.155. The Bertz CT molecular complexity index is 1070. The van der Waals surface area contributed by atoms with Gasteiger partial charge in [-0.3, -0.25) is 9.59 Å². The minimum absolute atomic E-state index is 0.128. The number of unbranched alkanes of at least 4 members (excludes halogenated alkanes) is 1. The number of benzene rings is 2. The molecule has 6 nitrogen and oxygen atoms in total. The van der Waals surface area contributed by atoms with Crippen molar-refractivity contribution < 1.29 is 14.3 Å². The normalized spacial score (nSPS) is 11.5. The summed E-state index contributed by atoms with van der Waals surface area (Å²) in [6.07, 6.45) is 2.24. The van der Waals surface area contributed by atoms with Crippen LogP contribution in [-0.2, 0) is 27.4 Å². The third-order valence-electron chi connectivity index (χ3n) is 5.03. The van der Waals surface area contributed by atoms with Crippen molar-refractivity contribution in [2.24, 2.45) is 0 Å². The maximum absolute atomic E-state index is 12.4. The summed E-state index contributed by atoms with van der Waals surface area (Å²) in [5.41, 5.74) is 2.39. The van der Waals surface area contributed by atoms with Gasteiger partial charge in [0.15, 0.2) is 5.16 Å². The number of thioether (sulfide) groups is 1. The molecular formula is C26H33N3O3S. The van der Waals surface area contributed by atoms with Crippen molar-refractivity contribution in [3.8, 4) is 0 Å². The van der Waals surface area contributed by atoms with E-state index in [0.29, 0.717) is 13.0 Å². The molecule has 1 aromatic heterocycles. The van der Waals surface area contributed by atoms with Crippen molar-refractivity contribution >= 4 is 34.7 Å². The Hall–Kier alpha value is -2.80. The van der Waals surface area contributed by atoms with Gasteiger partial charge in [-0.1, -0.05) is 54.2 Å². The van der Waals surface area contributed by atoms with Crippen LogP contribution in [-0.4, -0.2) is 44.7 Å². The van der Waals surface area contributed by atoms with Gasteiger partial charge in [-0.25, -0.2) is 4.98 Å². The molecule has 0 aliphatic heterocycles.